The van der Waals surface area contributed by atoms with Gasteiger partial charge in [0.05, 0.1) is 12.9 Å². The maximum absolute atomic E-state index is 10.7. The third-order valence-electron chi connectivity index (χ3n) is 2.46. The van der Waals surface area contributed by atoms with Gasteiger partial charge in [-0.1, -0.05) is 0 Å². The van der Waals surface area contributed by atoms with Crippen molar-refractivity contribution in [3.8, 4) is 0 Å². The monoisotopic (exact) mass is 224 g/mol. The number of methoxy groups -OCH3 is 2. The molecule has 0 aromatic heterocycles. The van der Waals surface area contributed by atoms with Crippen LogP contribution in [0, 0.1) is 5.92 Å². The van der Waals surface area contributed by atoms with Gasteiger partial charge in [-0.3, -0.25) is 4.18 Å². The number of rotatable bonds is 5. The summed E-state index contributed by atoms with van der Waals surface area (Å²) in [7, 11) is -0.167. The Balaban J connectivity index is 2.28. The smallest absolute Gasteiger partial charge is 0.264 e. The maximum atomic E-state index is 10.7. The molecule has 1 saturated carbocycles. The SMILES string of the molecule is COC1(OC)CC(COS(C)(=O)=O)C1. The molecule has 1 aliphatic rings. The Morgan fingerprint density at radius 3 is 2.14 bits per heavy atom. The van der Waals surface area contributed by atoms with Crippen molar-refractivity contribution in [2.75, 3.05) is 27.1 Å². The van der Waals surface area contributed by atoms with Crippen molar-refractivity contribution in [2.24, 2.45) is 5.92 Å². The molecule has 1 rings (SSSR count). The quantitative estimate of drug-likeness (QED) is 0.498. The van der Waals surface area contributed by atoms with Crippen LogP contribution in [0.1, 0.15) is 12.8 Å². The zero-order valence-electron chi connectivity index (χ0n) is 8.65. The lowest BCUT2D eigenvalue weighted by atomic mass is 9.79. The van der Waals surface area contributed by atoms with Crippen LogP contribution in [0.3, 0.4) is 0 Å². The van der Waals surface area contributed by atoms with Crippen molar-refractivity contribution in [2.45, 2.75) is 18.6 Å². The van der Waals surface area contributed by atoms with E-state index in [1.165, 1.54) is 0 Å². The molecule has 6 heteroatoms. The largest absolute Gasteiger partial charge is 0.353 e. The summed E-state index contributed by atoms with van der Waals surface area (Å²) >= 11 is 0. The molecule has 5 nitrogen and oxygen atoms in total. The van der Waals surface area contributed by atoms with Gasteiger partial charge >= 0.3 is 0 Å². The van der Waals surface area contributed by atoms with Crippen LogP contribution in [0.4, 0.5) is 0 Å². The normalized spacial score (nSPS) is 21.9. The van der Waals surface area contributed by atoms with Gasteiger partial charge in [-0.15, -0.1) is 0 Å². The highest BCUT2D eigenvalue weighted by Crippen LogP contribution is 2.41. The van der Waals surface area contributed by atoms with E-state index >= 15 is 0 Å². The van der Waals surface area contributed by atoms with Crippen LogP contribution >= 0.6 is 0 Å². The Morgan fingerprint density at radius 2 is 1.79 bits per heavy atom. The van der Waals surface area contributed by atoms with Crippen LogP contribution in [0.5, 0.6) is 0 Å². The summed E-state index contributed by atoms with van der Waals surface area (Å²) in [6, 6.07) is 0. The number of hydrogen-bond acceptors (Lipinski definition) is 5. The zero-order chi connectivity index (χ0) is 10.8. The predicted molar refractivity (Wildman–Crippen MR) is 50.3 cm³/mol. The summed E-state index contributed by atoms with van der Waals surface area (Å²) < 4.78 is 36.4. The van der Waals surface area contributed by atoms with Gasteiger partial charge in [0.2, 0.25) is 0 Å². The number of ether oxygens (including phenoxy) is 2. The Bertz CT molecular complexity index is 272. The first-order valence-electron chi connectivity index (χ1n) is 4.35. The fraction of sp³-hybridized carbons (Fsp3) is 1.00. The van der Waals surface area contributed by atoms with Crippen LogP contribution in [-0.4, -0.2) is 41.3 Å². The van der Waals surface area contributed by atoms with Gasteiger partial charge in [-0.2, -0.15) is 8.42 Å². The molecule has 0 aromatic rings. The van der Waals surface area contributed by atoms with E-state index < -0.39 is 15.9 Å². The summed E-state index contributed by atoms with van der Waals surface area (Å²) in [5, 5.41) is 0. The lowest BCUT2D eigenvalue weighted by Gasteiger charge is -2.44. The van der Waals surface area contributed by atoms with Gasteiger partial charge in [0.25, 0.3) is 10.1 Å². The first-order valence-corrected chi connectivity index (χ1v) is 6.17. The molecule has 0 spiro atoms. The summed E-state index contributed by atoms with van der Waals surface area (Å²) in [5.74, 6) is -0.324. The molecule has 0 heterocycles. The van der Waals surface area contributed by atoms with Crippen LogP contribution in [0.25, 0.3) is 0 Å². The third-order valence-corrected chi connectivity index (χ3v) is 3.03. The molecule has 0 unspecified atom stereocenters. The second-order valence-corrected chi connectivity index (χ2v) is 5.23. The summed E-state index contributed by atoms with van der Waals surface area (Å²) in [5.41, 5.74) is 0. The Kier molecular flexibility index (Phi) is 3.52. The molecule has 14 heavy (non-hydrogen) atoms. The highest BCUT2D eigenvalue weighted by molar-refractivity contribution is 7.85. The van der Waals surface area contributed by atoms with Crippen molar-refractivity contribution in [3.05, 3.63) is 0 Å². The molecule has 0 aliphatic heterocycles. The summed E-state index contributed by atoms with van der Waals surface area (Å²) in [4.78, 5) is 0. The molecule has 1 aliphatic carbocycles. The lowest BCUT2D eigenvalue weighted by molar-refractivity contribution is -0.272. The summed E-state index contributed by atoms with van der Waals surface area (Å²) in [6.07, 6.45) is 2.40. The number of hydrogen-bond donors (Lipinski definition) is 0. The van der Waals surface area contributed by atoms with Gasteiger partial charge in [0, 0.05) is 27.1 Å². The van der Waals surface area contributed by atoms with Crippen molar-refractivity contribution in [3.63, 3.8) is 0 Å². The van der Waals surface area contributed by atoms with E-state index in [-0.39, 0.29) is 12.5 Å². The topological polar surface area (TPSA) is 61.8 Å². The highest BCUT2D eigenvalue weighted by Gasteiger charge is 2.45. The molecule has 0 N–H and O–H groups in total. The van der Waals surface area contributed by atoms with Crippen molar-refractivity contribution < 1.29 is 22.1 Å². The zero-order valence-corrected chi connectivity index (χ0v) is 9.46. The standard InChI is InChI=1S/C8H16O5S/c1-11-8(12-2)4-7(5-8)6-13-14(3,9)10/h7H,4-6H2,1-3H3. The Labute approximate surface area is 84.5 Å². The average molecular weight is 224 g/mol. The van der Waals surface area contributed by atoms with Crippen LogP contribution in [-0.2, 0) is 23.8 Å². The first kappa shape index (κ1) is 11.9. The minimum atomic E-state index is -3.33. The molecule has 0 bridgehead atoms. The minimum Gasteiger partial charge on any atom is -0.353 e. The van der Waals surface area contributed by atoms with E-state index in [1.807, 2.05) is 0 Å². The molecule has 0 atom stereocenters. The van der Waals surface area contributed by atoms with Gasteiger partial charge < -0.3 is 9.47 Å². The molecule has 0 radical (unpaired) electrons. The highest BCUT2D eigenvalue weighted by atomic mass is 32.2. The molecule has 0 amide bonds. The molecular formula is C8H16O5S. The first-order chi connectivity index (χ1) is 6.41. The van der Waals surface area contributed by atoms with Gasteiger partial charge in [0.15, 0.2) is 5.79 Å². The van der Waals surface area contributed by atoms with Crippen molar-refractivity contribution in [1.82, 2.24) is 0 Å². The van der Waals surface area contributed by atoms with E-state index in [1.54, 1.807) is 14.2 Å². The third kappa shape index (κ3) is 2.91. The molecule has 0 saturated heterocycles. The van der Waals surface area contributed by atoms with Gasteiger partial charge in [-0.25, -0.2) is 0 Å². The Morgan fingerprint density at radius 1 is 1.29 bits per heavy atom. The average Bonchev–Trinajstić information content (AvgIpc) is 2.01. The van der Waals surface area contributed by atoms with Gasteiger partial charge in [-0.05, 0) is 5.92 Å². The van der Waals surface area contributed by atoms with E-state index in [0.29, 0.717) is 12.8 Å². The second-order valence-electron chi connectivity index (χ2n) is 3.58. The molecule has 0 aromatic carbocycles. The van der Waals surface area contributed by atoms with Crippen molar-refractivity contribution >= 4 is 10.1 Å². The lowest BCUT2D eigenvalue weighted by Crippen LogP contribution is -2.48. The fourth-order valence-electron chi connectivity index (χ4n) is 1.57. The molecular weight excluding hydrogens is 208 g/mol. The molecule has 1 fully saturated rings. The van der Waals surface area contributed by atoms with E-state index in [9.17, 15) is 8.42 Å². The van der Waals surface area contributed by atoms with Gasteiger partial charge in [0.1, 0.15) is 0 Å². The molecule has 84 valence electrons. The van der Waals surface area contributed by atoms with Crippen LogP contribution < -0.4 is 0 Å². The van der Waals surface area contributed by atoms with E-state index in [4.69, 9.17) is 9.47 Å². The Hall–Kier alpha value is -0.170. The van der Waals surface area contributed by atoms with Crippen LogP contribution in [0.15, 0.2) is 0 Å². The van der Waals surface area contributed by atoms with Crippen molar-refractivity contribution in [1.29, 1.82) is 0 Å². The predicted octanol–water partition coefficient (Wildman–Crippen LogP) is 0.362. The minimum absolute atomic E-state index is 0.199. The maximum Gasteiger partial charge on any atom is 0.264 e. The second kappa shape index (κ2) is 4.14. The fourth-order valence-corrected chi connectivity index (χ4v) is 2.01. The van der Waals surface area contributed by atoms with E-state index in [2.05, 4.69) is 4.18 Å². The van der Waals surface area contributed by atoms with E-state index in [0.717, 1.165) is 6.26 Å². The van der Waals surface area contributed by atoms with Crippen LogP contribution in [0.2, 0.25) is 0 Å². The summed E-state index contributed by atoms with van der Waals surface area (Å²) in [6.45, 7) is 0.216.